The zero-order chi connectivity index (χ0) is 18.1. The normalized spacial score (nSPS) is 11.0. The second-order valence-corrected chi connectivity index (χ2v) is 5.99. The summed E-state index contributed by atoms with van der Waals surface area (Å²) in [7, 11) is 1.89. The fourth-order valence-corrected chi connectivity index (χ4v) is 2.87. The van der Waals surface area contributed by atoms with Gasteiger partial charge in [-0.1, -0.05) is 0 Å². The maximum atomic E-state index is 12.2. The van der Waals surface area contributed by atoms with Crippen molar-refractivity contribution in [3.63, 3.8) is 0 Å². The van der Waals surface area contributed by atoms with Crippen molar-refractivity contribution in [3.05, 3.63) is 47.0 Å². The van der Waals surface area contributed by atoms with Gasteiger partial charge in [0.25, 0.3) is 0 Å². The molecule has 1 amide bonds. The fraction of sp³-hybridized carbons (Fsp3) is 0.278. The van der Waals surface area contributed by atoms with Gasteiger partial charge in [-0.3, -0.25) is 9.48 Å². The zero-order valence-corrected chi connectivity index (χ0v) is 14.3. The number of anilines is 1. The smallest absolute Gasteiger partial charge is 0.371 e. The van der Waals surface area contributed by atoms with Gasteiger partial charge >= 0.3 is 5.97 Å². The highest BCUT2D eigenvalue weighted by Gasteiger charge is 2.13. The van der Waals surface area contributed by atoms with Crippen LogP contribution in [0.2, 0.25) is 0 Å². The first-order valence-electron chi connectivity index (χ1n) is 7.91. The zero-order valence-electron chi connectivity index (χ0n) is 14.3. The Balaban J connectivity index is 1.68. The molecule has 2 heterocycles. The van der Waals surface area contributed by atoms with Gasteiger partial charge in [-0.2, -0.15) is 5.10 Å². The van der Waals surface area contributed by atoms with Crippen molar-refractivity contribution >= 4 is 28.5 Å². The molecule has 0 bridgehead atoms. The number of aryl methyl sites for hydroxylation is 2. The highest BCUT2D eigenvalue weighted by molar-refractivity contribution is 5.96. The Kier molecular flexibility index (Phi) is 4.31. The van der Waals surface area contributed by atoms with Crippen LogP contribution in [0.5, 0.6) is 0 Å². The number of amides is 1. The molecule has 0 saturated carbocycles. The van der Waals surface area contributed by atoms with Crippen LogP contribution in [0.1, 0.15) is 33.9 Å². The molecule has 3 rings (SSSR count). The molecule has 1 aromatic carbocycles. The number of benzene rings is 1. The number of carbonyl (C=O) groups excluding carboxylic acids is 1. The van der Waals surface area contributed by atoms with Crippen LogP contribution in [-0.2, 0) is 18.3 Å². The van der Waals surface area contributed by atoms with Gasteiger partial charge in [0, 0.05) is 30.2 Å². The van der Waals surface area contributed by atoms with Crippen LogP contribution in [0.4, 0.5) is 5.69 Å². The minimum Gasteiger partial charge on any atom is -0.475 e. The molecule has 0 fully saturated rings. The van der Waals surface area contributed by atoms with E-state index in [0.717, 1.165) is 17.0 Å². The summed E-state index contributed by atoms with van der Waals surface area (Å²) in [5, 5.41) is 16.8. The monoisotopic (exact) mass is 341 g/mol. The Morgan fingerprint density at radius 1 is 1.28 bits per heavy atom. The van der Waals surface area contributed by atoms with Gasteiger partial charge in [0.15, 0.2) is 0 Å². The Hall–Kier alpha value is -3.09. The van der Waals surface area contributed by atoms with E-state index in [1.165, 1.54) is 6.07 Å². The van der Waals surface area contributed by atoms with Crippen LogP contribution in [0, 0.1) is 13.8 Å². The first-order valence-corrected chi connectivity index (χ1v) is 7.91. The number of aromatic carboxylic acids is 1. The largest absolute Gasteiger partial charge is 0.475 e. The lowest BCUT2D eigenvalue weighted by Crippen LogP contribution is -2.12. The number of hydrogen-bond acceptors (Lipinski definition) is 4. The molecule has 7 nitrogen and oxygen atoms in total. The van der Waals surface area contributed by atoms with E-state index in [1.807, 2.05) is 25.6 Å². The van der Waals surface area contributed by atoms with E-state index in [-0.39, 0.29) is 11.7 Å². The number of nitrogens with one attached hydrogen (secondary N) is 1. The number of hydrogen-bond donors (Lipinski definition) is 2. The number of rotatable bonds is 5. The van der Waals surface area contributed by atoms with E-state index in [4.69, 9.17) is 9.52 Å². The van der Waals surface area contributed by atoms with Gasteiger partial charge in [-0.15, -0.1) is 0 Å². The molecule has 0 aliphatic heterocycles. The van der Waals surface area contributed by atoms with E-state index in [2.05, 4.69) is 10.4 Å². The Labute approximate surface area is 144 Å². The highest BCUT2D eigenvalue weighted by atomic mass is 16.4. The number of carbonyl (C=O) groups is 2. The molecule has 0 saturated heterocycles. The van der Waals surface area contributed by atoms with E-state index >= 15 is 0 Å². The molecule has 0 unspecified atom stereocenters. The number of carboxylic acids is 1. The quantitative estimate of drug-likeness (QED) is 0.743. The Morgan fingerprint density at radius 3 is 2.68 bits per heavy atom. The maximum absolute atomic E-state index is 12.2. The SMILES string of the molecule is Cc1nn(C)c(C)c1CCC(=O)Nc1ccc2oc(C(=O)O)cc2c1. The van der Waals surface area contributed by atoms with Gasteiger partial charge in [0.05, 0.1) is 5.69 Å². The molecule has 2 aromatic heterocycles. The Morgan fingerprint density at radius 2 is 2.04 bits per heavy atom. The average molecular weight is 341 g/mol. The molecule has 25 heavy (non-hydrogen) atoms. The molecular weight excluding hydrogens is 322 g/mol. The van der Waals surface area contributed by atoms with Crippen LogP contribution in [-0.4, -0.2) is 26.8 Å². The van der Waals surface area contributed by atoms with Crippen molar-refractivity contribution in [2.75, 3.05) is 5.32 Å². The second kappa shape index (κ2) is 6.43. The van der Waals surface area contributed by atoms with E-state index in [1.54, 1.807) is 18.2 Å². The number of carboxylic acid groups (broad SMARTS) is 1. The first-order chi connectivity index (χ1) is 11.8. The molecule has 2 N–H and O–H groups in total. The van der Waals surface area contributed by atoms with Crippen molar-refractivity contribution in [1.29, 1.82) is 0 Å². The summed E-state index contributed by atoms with van der Waals surface area (Å²) in [4.78, 5) is 23.1. The van der Waals surface area contributed by atoms with Gasteiger partial charge in [0.1, 0.15) is 5.58 Å². The topological polar surface area (TPSA) is 97.4 Å². The fourth-order valence-electron chi connectivity index (χ4n) is 2.87. The van der Waals surface area contributed by atoms with Crippen molar-refractivity contribution in [3.8, 4) is 0 Å². The van der Waals surface area contributed by atoms with E-state index in [0.29, 0.717) is 29.5 Å². The molecule has 0 aliphatic carbocycles. The van der Waals surface area contributed by atoms with Gasteiger partial charge in [-0.05, 0) is 50.1 Å². The summed E-state index contributed by atoms with van der Waals surface area (Å²) in [6, 6.07) is 6.47. The third kappa shape index (κ3) is 3.40. The predicted molar refractivity (Wildman–Crippen MR) is 92.8 cm³/mol. The molecule has 3 aromatic rings. The lowest BCUT2D eigenvalue weighted by atomic mass is 10.1. The van der Waals surface area contributed by atoms with Crippen LogP contribution in [0.3, 0.4) is 0 Å². The lowest BCUT2D eigenvalue weighted by Gasteiger charge is -2.06. The maximum Gasteiger partial charge on any atom is 0.371 e. The molecule has 0 aliphatic rings. The minimum atomic E-state index is -1.12. The summed E-state index contributed by atoms with van der Waals surface area (Å²) in [6.45, 7) is 3.92. The molecule has 130 valence electrons. The predicted octanol–water partition coefficient (Wildman–Crippen LogP) is 3.05. The summed E-state index contributed by atoms with van der Waals surface area (Å²) in [6.07, 6.45) is 0.964. The van der Waals surface area contributed by atoms with Crippen LogP contribution in [0.25, 0.3) is 11.0 Å². The van der Waals surface area contributed by atoms with Gasteiger partial charge < -0.3 is 14.8 Å². The van der Waals surface area contributed by atoms with Crippen molar-refractivity contribution in [1.82, 2.24) is 9.78 Å². The van der Waals surface area contributed by atoms with Crippen molar-refractivity contribution < 1.29 is 19.1 Å². The number of aromatic nitrogens is 2. The van der Waals surface area contributed by atoms with Crippen molar-refractivity contribution in [2.45, 2.75) is 26.7 Å². The average Bonchev–Trinajstić information content (AvgIpc) is 3.07. The summed E-state index contributed by atoms with van der Waals surface area (Å²) in [5.74, 6) is -1.35. The third-order valence-corrected chi connectivity index (χ3v) is 4.27. The van der Waals surface area contributed by atoms with Crippen molar-refractivity contribution in [2.24, 2.45) is 7.05 Å². The lowest BCUT2D eigenvalue weighted by molar-refractivity contribution is -0.116. The van der Waals surface area contributed by atoms with E-state index < -0.39 is 5.97 Å². The molecule has 0 radical (unpaired) electrons. The number of fused-ring (bicyclic) bond motifs is 1. The molecule has 0 spiro atoms. The van der Waals surface area contributed by atoms with Crippen LogP contribution in [0.15, 0.2) is 28.7 Å². The third-order valence-electron chi connectivity index (χ3n) is 4.27. The minimum absolute atomic E-state index is 0.107. The molecule has 7 heteroatoms. The summed E-state index contributed by atoms with van der Waals surface area (Å²) < 4.78 is 7.02. The van der Waals surface area contributed by atoms with Crippen LogP contribution < -0.4 is 5.32 Å². The summed E-state index contributed by atoms with van der Waals surface area (Å²) >= 11 is 0. The highest BCUT2D eigenvalue weighted by Crippen LogP contribution is 2.23. The molecule has 0 atom stereocenters. The Bertz CT molecular complexity index is 968. The van der Waals surface area contributed by atoms with E-state index in [9.17, 15) is 9.59 Å². The second-order valence-electron chi connectivity index (χ2n) is 5.99. The number of furan rings is 1. The number of nitrogens with zero attached hydrogens (tertiary/aromatic N) is 2. The van der Waals surface area contributed by atoms with Crippen LogP contribution >= 0.6 is 0 Å². The standard InChI is InChI=1S/C18H19N3O4/c1-10-14(11(2)21(3)20-10)5-7-17(22)19-13-4-6-15-12(8-13)9-16(25-15)18(23)24/h4,6,8-9H,5,7H2,1-3H3,(H,19,22)(H,23,24). The van der Waals surface area contributed by atoms with Gasteiger partial charge in [0.2, 0.25) is 11.7 Å². The van der Waals surface area contributed by atoms with Gasteiger partial charge in [-0.25, -0.2) is 4.79 Å². The first kappa shape index (κ1) is 16.8. The summed E-state index contributed by atoms with van der Waals surface area (Å²) in [5.41, 5.74) is 4.17. The molecular formula is C18H19N3O4.